The van der Waals surface area contributed by atoms with Gasteiger partial charge in [0.15, 0.2) is 0 Å². The van der Waals surface area contributed by atoms with Crippen LogP contribution in [0.4, 0.5) is 0 Å². The molecule has 1 fully saturated rings. The van der Waals surface area contributed by atoms with Crippen LogP contribution in [-0.2, 0) is 22.5 Å². The molecule has 0 spiro atoms. The minimum absolute atomic E-state index is 0.0590. The Labute approximate surface area is 148 Å². The molecule has 1 saturated heterocycles. The van der Waals surface area contributed by atoms with E-state index in [1.54, 1.807) is 19.4 Å². The molecule has 1 aliphatic rings. The molecule has 2 heterocycles. The number of aliphatic hydroxyl groups excluding tert-OH is 1. The fourth-order valence-electron chi connectivity index (χ4n) is 3.25. The van der Waals surface area contributed by atoms with Gasteiger partial charge in [0.25, 0.3) is 0 Å². The van der Waals surface area contributed by atoms with Crippen molar-refractivity contribution in [3.63, 3.8) is 0 Å². The highest BCUT2D eigenvalue weighted by Crippen LogP contribution is 2.15. The molecule has 0 radical (unpaired) electrons. The van der Waals surface area contributed by atoms with Gasteiger partial charge in [-0.3, -0.25) is 4.79 Å². The van der Waals surface area contributed by atoms with Crippen LogP contribution in [0.3, 0.4) is 0 Å². The lowest BCUT2D eigenvalue weighted by atomic mass is 10.1. The minimum Gasteiger partial charge on any atom is -0.393 e. The number of hydrogen-bond acceptors (Lipinski definition) is 4. The van der Waals surface area contributed by atoms with Crippen molar-refractivity contribution in [2.75, 3.05) is 19.8 Å². The quantitative estimate of drug-likeness (QED) is 0.862. The van der Waals surface area contributed by atoms with Gasteiger partial charge >= 0.3 is 0 Å². The summed E-state index contributed by atoms with van der Waals surface area (Å²) >= 11 is 0. The molecule has 0 aliphatic carbocycles. The fourth-order valence-corrected chi connectivity index (χ4v) is 3.25. The molecule has 0 saturated carbocycles. The Balaban J connectivity index is 1.67. The number of amides is 1. The lowest BCUT2D eigenvalue weighted by Crippen LogP contribution is -2.50. The average molecular weight is 343 g/mol. The highest BCUT2D eigenvalue weighted by molar-refractivity contribution is 5.78. The van der Waals surface area contributed by atoms with Crippen molar-refractivity contribution in [2.24, 2.45) is 0 Å². The number of carbonyl (C=O) groups is 1. The van der Waals surface area contributed by atoms with Gasteiger partial charge in [-0.15, -0.1) is 0 Å². The Hall–Kier alpha value is -2.18. The van der Waals surface area contributed by atoms with Gasteiger partial charge in [-0.2, -0.15) is 0 Å². The van der Waals surface area contributed by atoms with Crippen LogP contribution >= 0.6 is 0 Å². The number of benzene rings is 1. The summed E-state index contributed by atoms with van der Waals surface area (Å²) < 4.78 is 7.49. The first-order chi connectivity index (χ1) is 12.1. The molecule has 1 aliphatic heterocycles. The van der Waals surface area contributed by atoms with E-state index in [1.807, 2.05) is 27.7 Å². The summed E-state index contributed by atoms with van der Waals surface area (Å²) in [6, 6.07) is 10.1. The van der Waals surface area contributed by atoms with Crippen molar-refractivity contribution in [1.29, 1.82) is 0 Å². The molecule has 3 rings (SSSR count). The van der Waals surface area contributed by atoms with Crippen LogP contribution in [0.5, 0.6) is 0 Å². The van der Waals surface area contributed by atoms with E-state index in [9.17, 15) is 9.90 Å². The van der Waals surface area contributed by atoms with Crippen molar-refractivity contribution in [3.8, 4) is 0 Å². The third kappa shape index (κ3) is 4.67. The number of morpholine rings is 1. The molecule has 25 heavy (non-hydrogen) atoms. The Morgan fingerprint density at radius 1 is 1.40 bits per heavy atom. The van der Waals surface area contributed by atoms with Gasteiger partial charge in [0.1, 0.15) is 0 Å². The maximum absolute atomic E-state index is 12.8. The number of hydrogen-bond donors (Lipinski definition) is 1. The monoisotopic (exact) mass is 343 g/mol. The Morgan fingerprint density at radius 3 is 2.96 bits per heavy atom. The summed E-state index contributed by atoms with van der Waals surface area (Å²) in [7, 11) is 0. The van der Waals surface area contributed by atoms with Crippen LogP contribution < -0.4 is 0 Å². The third-order valence-electron chi connectivity index (χ3n) is 4.49. The second kappa shape index (κ2) is 8.27. The van der Waals surface area contributed by atoms with E-state index in [0.29, 0.717) is 39.1 Å². The van der Waals surface area contributed by atoms with E-state index in [4.69, 9.17) is 4.74 Å². The van der Waals surface area contributed by atoms with E-state index in [-0.39, 0.29) is 11.9 Å². The summed E-state index contributed by atoms with van der Waals surface area (Å²) in [5.41, 5.74) is 2.07. The van der Waals surface area contributed by atoms with Gasteiger partial charge in [-0.05, 0) is 18.9 Å². The molecular formula is C19H25N3O3. The van der Waals surface area contributed by atoms with Crippen LogP contribution in [0.1, 0.15) is 24.6 Å². The Morgan fingerprint density at radius 2 is 2.20 bits per heavy atom. The fraction of sp³-hybridized carbons (Fsp3) is 0.474. The molecular weight excluding hydrogens is 318 g/mol. The van der Waals surface area contributed by atoms with Gasteiger partial charge in [0, 0.05) is 25.0 Å². The first-order valence-electron chi connectivity index (χ1n) is 8.71. The summed E-state index contributed by atoms with van der Waals surface area (Å²) in [6.45, 7) is 4.05. The number of ether oxygens (including phenoxy) is 1. The predicted molar refractivity (Wildman–Crippen MR) is 94.1 cm³/mol. The lowest BCUT2D eigenvalue weighted by Gasteiger charge is -2.36. The van der Waals surface area contributed by atoms with E-state index >= 15 is 0 Å². The molecule has 0 unspecified atom stereocenters. The largest absolute Gasteiger partial charge is 0.393 e. The molecule has 1 N–H and O–H groups in total. The molecule has 1 amide bonds. The van der Waals surface area contributed by atoms with Gasteiger partial charge in [-0.25, -0.2) is 4.98 Å². The summed E-state index contributed by atoms with van der Waals surface area (Å²) in [6.07, 6.45) is 3.91. The zero-order valence-electron chi connectivity index (χ0n) is 14.5. The average Bonchev–Trinajstić information content (AvgIpc) is 3.02. The zero-order valence-corrected chi connectivity index (χ0v) is 14.5. The van der Waals surface area contributed by atoms with Crippen LogP contribution in [-0.4, -0.2) is 57.4 Å². The number of nitrogens with zero attached hydrogens (tertiary/aromatic N) is 3. The molecule has 6 nitrogen and oxygen atoms in total. The zero-order chi connectivity index (χ0) is 17.6. The van der Waals surface area contributed by atoms with Crippen molar-refractivity contribution >= 4 is 5.91 Å². The minimum atomic E-state index is -0.453. The number of carbonyl (C=O) groups excluding carboxylic acids is 1. The maximum atomic E-state index is 12.8. The molecule has 1 aromatic carbocycles. The topological polar surface area (TPSA) is 67.6 Å². The number of rotatable bonds is 6. The van der Waals surface area contributed by atoms with Crippen molar-refractivity contribution in [1.82, 2.24) is 14.5 Å². The molecule has 2 aromatic rings. The number of aromatic nitrogens is 2. The second-order valence-corrected chi connectivity index (χ2v) is 6.58. The first kappa shape index (κ1) is 17.6. The molecule has 1 aromatic heterocycles. The maximum Gasteiger partial charge on any atom is 0.228 e. The Kier molecular flexibility index (Phi) is 5.83. The normalized spacial score (nSPS) is 19.0. The molecule has 134 valence electrons. The van der Waals surface area contributed by atoms with Crippen molar-refractivity contribution in [2.45, 2.75) is 38.5 Å². The second-order valence-electron chi connectivity index (χ2n) is 6.58. The van der Waals surface area contributed by atoms with Crippen LogP contribution in [0, 0.1) is 0 Å². The van der Waals surface area contributed by atoms with Crippen molar-refractivity contribution < 1.29 is 14.6 Å². The highest BCUT2D eigenvalue weighted by Gasteiger charge is 2.28. The lowest BCUT2D eigenvalue weighted by molar-refractivity contribution is -0.140. The van der Waals surface area contributed by atoms with Gasteiger partial charge in [-0.1, -0.05) is 30.3 Å². The molecule has 0 bridgehead atoms. The van der Waals surface area contributed by atoms with Gasteiger partial charge in [0.05, 0.1) is 38.1 Å². The van der Waals surface area contributed by atoms with E-state index in [1.165, 1.54) is 5.56 Å². The van der Waals surface area contributed by atoms with Crippen molar-refractivity contribution in [3.05, 3.63) is 54.1 Å². The Bertz CT molecular complexity index is 684. The smallest absolute Gasteiger partial charge is 0.228 e. The number of imidazole rings is 1. The molecule has 6 heteroatoms. The SMILES string of the molecule is C[C@@H](O)C[C@H]1COCCN1C(=O)Cc1cncn1Cc1ccccc1. The molecule has 2 atom stereocenters. The predicted octanol–water partition coefficient (Wildman–Crippen LogP) is 1.47. The van der Waals surface area contributed by atoms with Gasteiger partial charge < -0.3 is 19.3 Å². The third-order valence-corrected chi connectivity index (χ3v) is 4.49. The van der Waals surface area contributed by atoms with E-state index < -0.39 is 6.10 Å². The first-order valence-corrected chi connectivity index (χ1v) is 8.71. The van der Waals surface area contributed by atoms with Gasteiger partial charge in [0.2, 0.25) is 5.91 Å². The summed E-state index contributed by atoms with van der Waals surface area (Å²) in [5, 5.41) is 9.66. The van der Waals surface area contributed by atoms with Crippen LogP contribution in [0.15, 0.2) is 42.9 Å². The highest BCUT2D eigenvalue weighted by atomic mass is 16.5. The van der Waals surface area contributed by atoms with E-state index in [2.05, 4.69) is 17.1 Å². The number of aliphatic hydroxyl groups is 1. The summed E-state index contributed by atoms with van der Waals surface area (Å²) in [5.74, 6) is 0.0590. The van der Waals surface area contributed by atoms with Crippen LogP contribution in [0.25, 0.3) is 0 Å². The summed E-state index contributed by atoms with van der Waals surface area (Å²) in [4.78, 5) is 18.9. The standard InChI is InChI=1S/C19H25N3O3/c1-15(23)9-18-13-25-8-7-22(18)19(24)10-17-11-20-14-21(17)12-16-5-3-2-4-6-16/h2-6,11,14-15,18,23H,7-10,12-13H2,1H3/t15-,18+/m1/s1. The van der Waals surface area contributed by atoms with Crippen LogP contribution in [0.2, 0.25) is 0 Å². The van der Waals surface area contributed by atoms with E-state index in [0.717, 1.165) is 5.69 Å².